The zero-order valence-corrected chi connectivity index (χ0v) is 8.73. The van der Waals surface area contributed by atoms with Crippen LogP contribution < -0.4 is 10.1 Å². The van der Waals surface area contributed by atoms with Crippen molar-refractivity contribution in [2.24, 2.45) is 5.92 Å². The minimum atomic E-state index is 0.0396. The molecule has 3 nitrogen and oxygen atoms in total. The Morgan fingerprint density at radius 3 is 3.20 bits per heavy atom. The van der Waals surface area contributed by atoms with E-state index >= 15 is 0 Å². The number of para-hydroxylation sites is 1. The van der Waals surface area contributed by atoms with Crippen LogP contribution in [0, 0.1) is 17.2 Å². The first kappa shape index (κ1) is 10.0. The van der Waals surface area contributed by atoms with Crippen LogP contribution >= 0.6 is 0 Å². The second kappa shape index (κ2) is 4.33. The number of nitriles is 1. The van der Waals surface area contributed by atoms with Crippen LogP contribution in [0.4, 0.5) is 0 Å². The maximum Gasteiger partial charge on any atom is 0.124 e. The average molecular weight is 202 g/mol. The van der Waals surface area contributed by atoms with Gasteiger partial charge in [0.2, 0.25) is 0 Å². The van der Waals surface area contributed by atoms with Crippen molar-refractivity contribution in [2.45, 2.75) is 13.0 Å². The highest BCUT2D eigenvalue weighted by atomic mass is 16.5. The highest BCUT2D eigenvalue weighted by molar-refractivity contribution is 5.39. The van der Waals surface area contributed by atoms with Crippen LogP contribution in [0.1, 0.15) is 18.5 Å². The smallest absolute Gasteiger partial charge is 0.124 e. The molecule has 1 aliphatic rings. The number of ether oxygens (including phenoxy) is 1. The summed E-state index contributed by atoms with van der Waals surface area (Å²) in [7, 11) is 0. The largest absolute Gasteiger partial charge is 0.491 e. The molecule has 0 spiro atoms. The summed E-state index contributed by atoms with van der Waals surface area (Å²) in [6, 6.07) is 10.5. The van der Waals surface area contributed by atoms with E-state index in [0.717, 1.165) is 5.75 Å². The first-order valence-electron chi connectivity index (χ1n) is 5.16. The van der Waals surface area contributed by atoms with Gasteiger partial charge in [-0.1, -0.05) is 18.2 Å². The third-order valence-electron chi connectivity index (χ3n) is 2.59. The minimum Gasteiger partial charge on any atom is -0.491 e. The molecule has 0 saturated heterocycles. The molecule has 1 aromatic rings. The third-order valence-corrected chi connectivity index (χ3v) is 2.59. The molecule has 78 valence electrons. The number of rotatable bonds is 3. The number of nitrogens with one attached hydrogen (secondary N) is 1. The summed E-state index contributed by atoms with van der Waals surface area (Å²) in [5.41, 5.74) is 1.20. The van der Waals surface area contributed by atoms with Crippen LogP contribution in [-0.4, -0.2) is 13.2 Å². The fourth-order valence-corrected chi connectivity index (χ4v) is 1.70. The van der Waals surface area contributed by atoms with E-state index in [0.29, 0.717) is 13.2 Å². The number of hydrogen-bond acceptors (Lipinski definition) is 3. The quantitative estimate of drug-likeness (QED) is 0.813. The van der Waals surface area contributed by atoms with Crippen LogP contribution in [0.2, 0.25) is 0 Å². The highest BCUT2D eigenvalue weighted by Gasteiger charge is 2.23. The molecular formula is C12H14N2O. The fourth-order valence-electron chi connectivity index (χ4n) is 1.70. The van der Waals surface area contributed by atoms with E-state index < -0.39 is 0 Å². The van der Waals surface area contributed by atoms with Crippen molar-refractivity contribution >= 4 is 0 Å². The molecular weight excluding hydrogens is 188 g/mol. The lowest BCUT2D eigenvalue weighted by Crippen LogP contribution is -2.26. The Morgan fingerprint density at radius 1 is 1.60 bits per heavy atom. The standard InChI is InChI=1S/C12H14N2O/c1-9(6-13)7-14-11-8-15-12-5-3-2-4-10(11)12/h2-5,9,11,14H,7-8H2,1H3. The molecule has 0 saturated carbocycles. The molecule has 0 bridgehead atoms. The van der Waals surface area contributed by atoms with Gasteiger partial charge in [-0.05, 0) is 13.0 Å². The summed E-state index contributed by atoms with van der Waals surface area (Å²) in [6.07, 6.45) is 0. The van der Waals surface area contributed by atoms with E-state index in [1.165, 1.54) is 5.56 Å². The van der Waals surface area contributed by atoms with Crippen molar-refractivity contribution in [1.29, 1.82) is 5.26 Å². The summed E-state index contributed by atoms with van der Waals surface area (Å²) in [5, 5.41) is 12.0. The number of hydrogen-bond donors (Lipinski definition) is 1. The lowest BCUT2D eigenvalue weighted by molar-refractivity contribution is 0.308. The summed E-state index contributed by atoms with van der Waals surface area (Å²) in [4.78, 5) is 0. The molecule has 0 aromatic heterocycles. The molecule has 1 aliphatic heterocycles. The van der Waals surface area contributed by atoms with E-state index in [-0.39, 0.29) is 12.0 Å². The van der Waals surface area contributed by atoms with Gasteiger partial charge in [0.25, 0.3) is 0 Å². The van der Waals surface area contributed by atoms with Gasteiger partial charge in [-0.3, -0.25) is 0 Å². The van der Waals surface area contributed by atoms with Gasteiger partial charge < -0.3 is 10.1 Å². The van der Waals surface area contributed by atoms with Gasteiger partial charge in [0.15, 0.2) is 0 Å². The van der Waals surface area contributed by atoms with Crippen molar-refractivity contribution in [1.82, 2.24) is 5.32 Å². The van der Waals surface area contributed by atoms with Crippen LogP contribution in [0.5, 0.6) is 5.75 Å². The van der Waals surface area contributed by atoms with Gasteiger partial charge in [0, 0.05) is 12.1 Å². The van der Waals surface area contributed by atoms with E-state index in [9.17, 15) is 0 Å². The monoisotopic (exact) mass is 202 g/mol. The van der Waals surface area contributed by atoms with Crippen molar-refractivity contribution in [3.05, 3.63) is 29.8 Å². The summed E-state index contributed by atoms with van der Waals surface area (Å²) in [6.45, 7) is 3.28. The second-order valence-corrected chi connectivity index (χ2v) is 3.84. The van der Waals surface area contributed by atoms with Crippen LogP contribution in [0.3, 0.4) is 0 Å². The average Bonchev–Trinajstić information content (AvgIpc) is 2.69. The maximum atomic E-state index is 8.68. The Morgan fingerprint density at radius 2 is 2.40 bits per heavy atom. The van der Waals surface area contributed by atoms with Gasteiger partial charge in [-0.25, -0.2) is 0 Å². The van der Waals surface area contributed by atoms with Gasteiger partial charge in [0.05, 0.1) is 18.0 Å². The van der Waals surface area contributed by atoms with E-state index in [4.69, 9.17) is 10.00 Å². The summed E-state index contributed by atoms with van der Waals surface area (Å²) in [5.74, 6) is 0.998. The van der Waals surface area contributed by atoms with Crippen molar-refractivity contribution in [3.8, 4) is 11.8 Å². The molecule has 3 heteroatoms. The Hall–Kier alpha value is -1.53. The first-order valence-corrected chi connectivity index (χ1v) is 5.16. The number of benzene rings is 1. The van der Waals surface area contributed by atoms with Gasteiger partial charge in [0.1, 0.15) is 12.4 Å². The lowest BCUT2D eigenvalue weighted by atomic mass is 10.1. The molecule has 0 aliphatic carbocycles. The molecule has 15 heavy (non-hydrogen) atoms. The number of fused-ring (bicyclic) bond motifs is 1. The molecule has 0 fully saturated rings. The van der Waals surface area contributed by atoms with Crippen LogP contribution in [0.25, 0.3) is 0 Å². The second-order valence-electron chi connectivity index (χ2n) is 3.84. The highest BCUT2D eigenvalue weighted by Crippen LogP contribution is 2.31. The number of nitrogens with zero attached hydrogens (tertiary/aromatic N) is 1. The first-order chi connectivity index (χ1) is 7.31. The van der Waals surface area contributed by atoms with Crippen molar-refractivity contribution in [3.63, 3.8) is 0 Å². The van der Waals surface area contributed by atoms with E-state index in [1.807, 2.05) is 25.1 Å². The molecule has 0 amide bonds. The van der Waals surface area contributed by atoms with Crippen molar-refractivity contribution < 1.29 is 4.74 Å². The summed E-state index contributed by atoms with van der Waals surface area (Å²) >= 11 is 0. The Balaban J connectivity index is 2.00. The van der Waals surface area contributed by atoms with Crippen LogP contribution in [-0.2, 0) is 0 Å². The molecule has 0 radical (unpaired) electrons. The topological polar surface area (TPSA) is 45.0 Å². The molecule has 2 rings (SSSR count). The Labute approximate surface area is 89.7 Å². The summed E-state index contributed by atoms with van der Waals surface area (Å²) < 4.78 is 5.53. The van der Waals surface area contributed by atoms with Gasteiger partial charge >= 0.3 is 0 Å². The van der Waals surface area contributed by atoms with E-state index in [2.05, 4.69) is 17.5 Å². The molecule has 1 aromatic carbocycles. The Kier molecular flexibility index (Phi) is 2.89. The van der Waals surface area contributed by atoms with E-state index in [1.54, 1.807) is 0 Å². The van der Waals surface area contributed by atoms with Crippen molar-refractivity contribution in [2.75, 3.05) is 13.2 Å². The molecule has 1 N–H and O–H groups in total. The molecule has 2 unspecified atom stereocenters. The molecule has 2 atom stereocenters. The minimum absolute atomic E-state index is 0.0396. The van der Waals surface area contributed by atoms with Crippen LogP contribution in [0.15, 0.2) is 24.3 Å². The van der Waals surface area contributed by atoms with Gasteiger partial charge in [-0.2, -0.15) is 5.26 Å². The lowest BCUT2D eigenvalue weighted by Gasteiger charge is -2.12. The predicted molar refractivity (Wildman–Crippen MR) is 57.5 cm³/mol. The SMILES string of the molecule is CC(C#N)CNC1COc2ccccc21. The Bertz CT molecular complexity index is 383. The zero-order chi connectivity index (χ0) is 10.7. The third kappa shape index (κ3) is 2.11. The van der Waals surface area contributed by atoms with Gasteiger partial charge in [-0.15, -0.1) is 0 Å². The normalized spacial score (nSPS) is 20.1. The fraction of sp³-hybridized carbons (Fsp3) is 0.417. The zero-order valence-electron chi connectivity index (χ0n) is 8.73. The maximum absolute atomic E-state index is 8.68. The predicted octanol–water partition coefficient (Wildman–Crippen LogP) is 1.87. The molecule has 1 heterocycles.